The van der Waals surface area contributed by atoms with Crippen molar-refractivity contribution in [3.63, 3.8) is 0 Å². The first-order valence-electron chi connectivity index (χ1n) is 5.00. The summed E-state index contributed by atoms with van der Waals surface area (Å²) in [5.41, 5.74) is 1.33. The predicted molar refractivity (Wildman–Crippen MR) is 57.8 cm³/mol. The highest BCUT2D eigenvalue weighted by Gasteiger charge is 2.02. The van der Waals surface area contributed by atoms with Gasteiger partial charge in [-0.2, -0.15) is 0 Å². The molecule has 1 unspecified atom stereocenters. The summed E-state index contributed by atoms with van der Waals surface area (Å²) in [6.45, 7) is 4.76. The van der Waals surface area contributed by atoms with Crippen LogP contribution >= 0.6 is 0 Å². The monoisotopic (exact) mass is 194 g/mol. The van der Waals surface area contributed by atoms with Crippen molar-refractivity contribution in [1.82, 2.24) is 0 Å². The molecule has 0 N–H and O–H groups in total. The van der Waals surface area contributed by atoms with Gasteiger partial charge in [-0.15, -0.1) is 0 Å². The molecule has 0 heterocycles. The fourth-order valence-electron chi connectivity index (χ4n) is 1.30. The molecule has 0 aliphatic heterocycles. The van der Waals surface area contributed by atoms with E-state index in [1.165, 1.54) is 5.56 Å². The van der Waals surface area contributed by atoms with Crippen molar-refractivity contribution < 1.29 is 9.47 Å². The topological polar surface area (TPSA) is 18.5 Å². The van der Waals surface area contributed by atoms with Crippen LogP contribution < -0.4 is 4.74 Å². The van der Waals surface area contributed by atoms with Gasteiger partial charge in [0.25, 0.3) is 0 Å². The van der Waals surface area contributed by atoms with Crippen LogP contribution in [-0.4, -0.2) is 19.8 Å². The molecule has 0 aliphatic carbocycles. The lowest BCUT2D eigenvalue weighted by atomic mass is 10.2. The molecule has 2 nitrogen and oxygen atoms in total. The molecule has 0 saturated carbocycles. The number of methoxy groups -OCH3 is 1. The zero-order chi connectivity index (χ0) is 10.4. The van der Waals surface area contributed by atoms with E-state index in [4.69, 9.17) is 9.47 Å². The Morgan fingerprint density at radius 1 is 1.21 bits per heavy atom. The van der Waals surface area contributed by atoms with Crippen LogP contribution in [0.1, 0.15) is 19.4 Å². The summed E-state index contributed by atoms with van der Waals surface area (Å²) in [6.07, 6.45) is 1.17. The zero-order valence-corrected chi connectivity index (χ0v) is 9.12. The fourth-order valence-corrected chi connectivity index (χ4v) is 1.30. The highest BCUT2D eigenvalue weighted by Crippen LogP contribution is 2.14. The Labute approximate surface area is 85.8 Å². The fraction of sp³-hybridized carbons (Fsp3) is 0.500. The molecule has 0 spiro atoms. The van der Waals surface area contributed by atoms with Gasteiger partial charge in [-0.1, -0.05) is 19.1 Å². The van der Waals surface area contributed by atoms with Crippen LogP contribution in [0.2, 0.25) is 0 Å². The smallest absolute Gasteiger partial charge is 0.119 e. The van der Waals surface area contributed by atoms with Crippen molar-refractivity contribution in [3.05, 3.63) is 29.8 Å². The first kappa shape index (κ1) is 11.1. The Hall–Kier alpha value is -1.02. The van der Waals surface area contributed by atoms with Gasteiger partial charge in [0, 0.05) is 7.11 Å². The van der Waals surface area contributed by atoms with E-state index in [0.717, 1.165) is 12.2 Å². The van der Waals surface area contributed by atoms with Crippen molar-refractivity contribution >= 4 is 0 Å². The molecule has 1 aromatic rings. The van der Waals surface area contributed by atoms with E-state index in [9.17, 15) is 0 Å². The van der Waals surface area contributed by atoms with Gasteiger partial charge in [0.05, 0.1) is 6.61 Å². The lowest BCUT2D eigenvalue weighted by Gasteiger charge is -2.13. The summed E-state index contributed by atoms with van der Waals surface area (Å²) >= 11 is 0. The molecule has 0 amide bonds. The van der Waals surface area contributed by atoms with E-state index in [1.807, 2.05) is 19.1 Å². The minimum Gasteiger partial charge on any atom is -0.488 e. The van der Waals surface area contributed by atoms with Crippen LogP contribution in [0.25, 0.3) is 0 Å². The van der Waals surface area contributed by atoms with Crippen LogP contribution in [-0.2, 0) is 11.2 Å². The van der Waals surface area contributed by atoms with Gasteiger partial charge in [0.2, 0.25) is 0 Å². The Balaban J connectivity index is 2.50. The highest BCUT2D eigenvalue weighted by molar-refractivity contribution is 5.27. The molecule has 0 aliphatic rings. The Bertz CT molecular complexity index is 254. The molecule has 0 saturated heterocycles. The number of rotatable bonds is 5. The van der Waals surface area contributed by atoms with Crippen LogP contribution in [0.3, 0.4) is 0 Å². The van der Waals surface area contributed by atoms with Gasteiger partial charge < -0.3 is 9.47 Å². The third-order valence-corrected chi connectivity index (χ3v) is 2.07. The van der Waals surface area contributed by atoms with Crippen LogP contribution in [0, 0.1) is 0 Å². The number of hydrogen-bond donors (Lipinski definition) is 0. The third-order valence-electron chi connectivity index (χ3n) is 2.07. The van der Waals surface area contributed by atoms with Crippen molar-refractivity contribution in [2.45, 2.75) is 26.4 Å². The van der Waals surface area contributed by atoms with Crippen molar-refractivity contribution in [3.8, 4) is 5.75 Å². The maximum atomic E-state index is 5.63. The van der Waals surface area contributed by atoms with E-state index in [0.29, 0.717) is 6.61 Å². The average Bonchev–Trinajstić information content (AvgIpc) is 2.19. The molecule has 14 heavy (non-hydrogen) atoms. The number of benzene rings is 1. The van der Waals surface area contributed by atoms with E-state index in [-0.39, 0.29) is 6.10 Å². The van der Waals surface area contributed by atoms with Gasteiger partial charge in [0.1, 0.15) is 11.9 Å². The quantitative estimate of drug-likeness (QED) is 0.717. The number of hydrogen-bond acceptors (Lipinski definition) is 2. The lowest BCUT2D eigenvalue weighted by Crippen LogP contribution is -2.17. The summed E-state index contributed by atoms with van der Waals surface area (Å²) in [5.74, 6) is 0.909. The zero-order valence-electron chi connectivity index (χ0n) is 9.12. The van der Waals surface area contributed by atoms with E-state index >= 15 is 0 Å². The second-order valence-electron chi connectivity index (χ2n) is 3.38. The standard InChI is InChI=1S/C12H18O2/c1-4-11-5-7-12(8-6-11)14-10(2)9-13-3/h5-8,10H,4,9H2,1-3H3. The number of aryl methyl sites for hydroxylation is 1. The first-order chi connectivity index (χ1) is 6.76. The van der Waals surface area contributed by atoms with Crippen LogP contribution in [0.5, 0.6) is 5.75 Å². The Morgan fingerprint density at radius 2 is 1.86 bits per heavy atom. The van der Waals surface area contributed by atoms with Gasteiger partial charge in [0.15, 0.2) is 0 Å². The summed E-state index contributed by atoms with van der Waals surface area (Å²) in [4.78, 5) is 0. The molecular weight excluding hydrogens is 176 g/mol. The van der Waals surface area contributed by atoms with E-state index < -0.39 is 0 Å². The van der Waals surface area contributed by atoms with Gasteiger partial charge in [-0.25, -0.2) is 0 Å². The van der Waals surface area contributed by atoms with Gasteiger partial charge in [-0.3, -0.25) is 0 Å². The molecule has 0 fully saturated rings. The molecule has 2 heteroatoms. The molecular formula is C12H18O2. The average molecular weight is 194 g/mol. The maximum Gasteiger partial charge on any atom is 0.119 e. The van der Waals surface area contributed by atoms with Crippen LogP contribution in [0.4, 0.5) is 0 Å². The van der Waals surface area contributed by atoms with Crippen LogP contribution in [0.15, 0.2) is 24.3 Å². The second kappa shape index (κ2) is 5.66. The van der Waals surface area contributed by atoms with Gasteiger partial charge >= 0.3 is 0 Å². The minimum atomic E-state index is 0.104. The largest absolute Gasteiger partial charge is 0.488 e. The summed E-state index contributed by atoms with van der Waals surface area (Å²) in [5, 5.41) is 0. The van der Waals surface area contributed by atoms with Crippen molar-refractivity contribution in [2.24, 2.45) is 0 Å². The first-order valence-corrected chi connectivity index (χ1v) is 5.00. The van der Waals surface area contributed by atoms with Gasteiger partial charge in [-0.05, 0) is 31.0 Å². The molecule has 0 bridgehead atoms. The third kappa shape index (κ3) is 3.38. The predicted octanol–water partition coefficient (Wildman–Crippen LogP) is 2.66. The van der Waals surface area contributed by atoms with Crippen molar-refractivity contribution in [1.29, 1.82) is 0 Å². The SMILES string of the molecule is CCc1ccc(OC(C)COC)cc1. The van der Waals surface area contributed by atoms with E-state index in [1.54, 1.807) is 7.11 Å². The molecule has 1 aromatic carbocycles. The van der Waals surface area contributed by atoms with E-state index in [2.05, 4.69) is 19.1 Å². The lowest BCUT2D eigenvalue weighted by molar-refractivity contribution is 0.0921. The molecule has 1 rings (SSSR count). The second-order valence-corrected chi connectivity index (χ2v) is 3.38. The molecule has 1 atom stereocenters. The Morgan fingerprint density at radius 3 is 2.36 bits per heavy atom. The molecule has 78 valence electrons. The minimum absolute atomic E-state index is 0.104. The molecule has 0 radical (unpaired) electrons. The maximum absolute atomic E-state index is 5.63. The Kier molecular flexibility index (Phi) is 4.47. The highest BCUT2D eigenvalue weighted by atomic mass is 16.5. The van der Waals surface area contributed by atoms with Crippen molar-refractivity contribution in [2.75, 3.05) is 13.7 Å². The summed E-state index contributed by atoms with van der Waals surface area (Å²) < 4.78 is 10.6. The number of ether oxygens (including phenoxy) is 2. The summed E-state index contributed by atoms with van der Waals surface area (Å²) in [6, 6.07) is 8.19. The summed E-state index contributed by atoms with van der Waals surface area (Å²) in [7, 11) is 1.68. The normalized spacial score (nSPS) is 12.5. The molecule has 0 aromatic heterocycles.